The maximum Gasteiger partial charge on any atom is 0.324 e. The van der Waals surface area contributed by atoms with E-state index in [2.05, 4.69) is 20.8 Å². The van der Waals surface area contributed by atoms with Gasteiger partial charge in [-0.25, -0.2) is 4.68 Å². The minimum Gasteiger partial charge on any atom is -0.380 e. The summed E-state index contributed by atoms with van der Waals surface area (Å²) in [6, 6.07) is 10.8. The summed E-state index contributed by atoms with van der Waals surface area (Å²) in [6.07, 6.45) is 1.52. The molecule has 1 N–H and O–H groups in total. The number of anilines is 1. The van der Waals surface area contributed by atoms with Crippen molar-refractivity contribution in [3.05, 3.63) is 57.7 Å². The van der Waals surface area contributed by atoms with Gasteiger partial charge in [0.15, 0.2) is 0 Å². The van der Waals surface area contributed by atoms with Gasteiger partial charge in [0.25, 0.3) is 0 Å². The maximum absolute atomic E-state index is 10.6. The normalized spacial score (nSPS) is 10.5. The molecule has 9 heteroatoms. The molecule has 0 atom stereocenters. The number of rotatable bonds is 5. The van der Waals surface area contributed by atoms with Crippen LogP contribution in [0.3, 0.4) is 0 Å². The SMILES string of the molecule is O=[N+]([O-])c1ccc(CNc2cccc(-n3cnnn3)c2)s1. The molecule has 0 aliphatic heterocycles. The van der Waals surface area contributed by atoms with Crippen LogP contribution in [0.1, 0.15) is 4.88 Å². The number of nitrogens with one attached hydrogen (secondary N) is 1. The van der Waals surface area contributed by atoms with Gasteiger partial charge >= 0.3 is 5.00 Å². The first-order chi connectivity index (χ1) is 10.2. The molecule has 3 aromatic rings. The van der Waals surface area contributed by atoms with Crippen LogP contribution in [0.5, 0.6) is 0 Å². The lowest BCUT2D eigenvalue weighted by Gasteiger charge is -2.06. The Bertz CT molecular complexity index is 755. The van der Waals surface area contributed by atoms with Crippen molar-refractivity contribution < 1.29 is 4.92 Å². The highest BCUT2D eigenvalue weighted by molar-refractivity contribution is 7.15. The number of nitro groups is 1. The maximum atomic E-state index is 10.6. The van der Waals surface area contributed by atoms with Crippen LogP contribution in [-0.2, 0) is 6.54 Å². The van der Waals surface area contributed by atoms with Gasteiger partial charge in [-0.1, -0.05) is 17.4 Å². The number of nitrogens with zero attached hydrogens (tertiary/aromatic N) is 5. The number of hydrogen-bond acceptors (Lipinski definition) is 7. The van der Waals surface area contributed by atoms with Crippen molar-refractivity contribution in [1.29, 1.82) is 0 Å². The highest BCUT2D eigenvalue weighted by atomic mass is 32.1. The van der Waals surface area contributed by atoms with E-state index < -0.39 is 0 Å². The molecule has 2 heterocycles. The third-order valence-corrected chi connectivity index (χ3v) is 3.79. The zero-order chi connectivity index (χ0) is 14.7. The Morgan fingerprint density at radius 1 is 1.33 bits per heavy atom. The predicted molar refractivity (Wildman–Crippen MR) is 77.5 cm³/mol. The van der Waals surface area contributed by atoms with E-state index in [1.54, 1.807) is 10.7 Å². The van der Waals surface area contributed by atoms with E-state index in [0.717, 1.165) is 27.6 Å². The molecule has 0 spiro atoms. The van der Waals surface area contributed by atoms with Gasteiger partial charge in [0.05, 0.1) is 10.6 Å². The summed E-state index contributed by atoms with van der Waals surface area (Å²) in [5.74, 6) is 0. The zero-order valence-corrected chi connectivity index (χ0v) is 11.5. The number of hydrogen-bond donors (Lipinski definition) is 1. The van der Waals surface area contributed by atoms with Gasteiger partial charge in [0, 0.05) is 23.2 Å². The predicted octanol–water partition coefficient (Wildman–Crippen LogP) is 2.24. The molecule has 0 saturated heterocycles. The Balaban J connectivity index is 1.70. The fourth-order valence-corrected chi connectivity index (χ4v) is 2.55. The lowest BCUT2D eigenvalue weighted by atomic mass is 10.2. The van der Waals surface area contributed by atoms with Gasteiger partial charge in [-0.05, 0) is 34.7 Å². The third-order valence-electron chi connectivity index (χ3n) is 2.75. The highest BCUT2D eigenvalue weighted by Crippen LogP contribution is 2.24. The summed E-state index contributed by atoms with van der Waals surface area (Å²) in [6.45, 7) is 0.525. The number of aromatic nitrogens is 4. The highest BCUT2D eigenvalue weighted by Gasteiger charge is 2.09. The van der Waals surface area contributed by atoms with Crippen LogP contribution in [0.15, 0.2) is 42.7 Å². The summed E-state index contributed by atoms with van der Waals surface area (Å²) in [5.41, 5.74) is 1.72. The lowest BCUT2D eigenvalue weighted by molar-refractivity contribution is -0.380. The fourth-order valence-electron chi connectivity index (χ4n) is 1.79. The van der Waals surface area contributed by atoms with Crippen molar-refractivity contribution in [3.8, 4) is 5.69 Å². The molecule has 1 aromatic carbocycles. The van der Waals surface area contributed by atoms with E-state index >= 15 is 0 Å². The van der Waals surface area contributed by atoms with E-state index in [1.807, 2.05) is 24.3 Å². The van der Waals surface area contributed by atoms with Crippen molar-refractivity contribution >= 4 is 22.0 Å². The zero-order valence-electron chi connectivity index (χ0n) is 10.7. The van der Waals surface area contributed by atoms with Gasteiger partial charge in [0.2, 0.25) is 0 Å². The molecule has 0 fully saturated rings. The second-order valence-corrected chi connectivity index (χ2v) is 5.30. The van der Waals surface area contributed by atoms with Crippen molar-refractivity contribution in [2.45, 2.75) is 6.54 Å². The quantitative estimate of drug-likeness (QED) is 0.573. The first-order valence-corrected chi connectivity index (χ1v) is 6.84. The first-order valence-electron chi connectivity index (χ1n) is 6.03. The van der Waals surface area contributed by atoms with E-state index in [4.69, 9.17) is 0 Å². The summed E-state index contributed by atoms with van der Waals surface area (Å²) in [5, 5.41) is 25.0. The largest absolute Gasteiger partial charge is 0.380 e. The van der Waals surface area contributed by atoms with Crippen LogP contribution in [0, 0.1) is 10.1 Å². The molecular weight excluding hydrogens is 292 g/mol. The molecular formula is C12H10N6O2S. The van der Waals surface area contributed by atoms with E-state index in [9.17, 15) is 10.1 Å². The summed E-state index contributed by atoms with van der Waals surface area (Å²) in [4.78, 5) is 11.2. The third kappa shape index (κ3) is 3.03. The Kier molecular flexibility index (Phi) is 3.56. The van der Waals surface area contributed by atoms with Crippen molar-refractivity contribution in [3.63, 3.8) is 0 Å². The Morgan fingerprint density at radius 3 is 2.95 bits per heavy atom. The van der Waals surface area contributed by atoms with Gasteiger partial charge < -0.3 is 5.32 Å². The minimum absolute atomic E-state index is 0.147. The van der Waals surface area contributed by atoms with Crippen LogP contribution in [0.2, 0.25) is 0 Å². The fraction of sp³-hybridized carbons (Fsp3) is 0.0833. The monoisotopic (exact) mass is 302 g/mol. The Hall–Kier alpha value is -2.81. The van der Waals surface area contributed by atoms with Crippen LogP contribution >= 0.6 is 11.3 Å². The van der Waals surface area contributed by atoms with Gasteiger partial charge in [-0.3, -0.25) is 10.1 Å². The summed E-state index contributed by atoms with van der Waals surface area (Å²) in [7, 11) is 0. The molecule has 0 unspecified atom stereocenters. The first kappa shape index (κ1) is 13.2. The molecule has 0 radical (unpaired) electrons. The van der Waals surface area contributed by atoms with Crippen LogP contribution in [0.4, 0.5) is 10.7 Å². The second kappa shape index (κ2) is 5.67. The van der Waals surface area contributed by atoms with E-state index in [-0.39, 0.29) is 9.92 Å². The van der Waals surface area contributed by atoms with Crippen LogP contribution in [0.25, 0.3) is 5.69 Å². The molecule has 0 saturated carbocycles. The Labute approximate surface area is 123 Å². The van der Waals surface area contributed by atoms with Crippen molar-refractivity contribution in [1.82, 2.24) is 20.2 Å². The average molecular weight is 302 g/mol. The summed E-state index contributed by atoms with van der Waals surface area (Å²) >= 11 is 1.16. The average Bonchev–Trinajstić information content (AvgIpc) is 3.17. The number of benzene rings is 1. The molecule has 106 valence electrons. The topological polar surface area (TPSA) is 98.8 Å². The lowest BCUT2D eigenvalue weighted by Crippen LogP contribution is -2.00. The molecule has 0 aliphatic rings. The van der Waals surface area contributed by atoms with Gasteiger partial charge in [-0.15, -0.1) is 5.10 Å². The van der Waals surface area contributed by atoms with Crippen molar-refractivity contribution in [2.24, 2.45) is 0 Å². The molecule has 0 aliphatic carbocycles. The summed E-state index contributed by atoms with van der Waals surface area (Å²) < 4.78 is 1.56. The molecule has 0 bridgehead atoms. The van der Waals surface area contributed by atoms with Gasteiger partial charge in [0.1, 0.15) is 6.33 Å². The van der Waals surface area contributed by atoms with Crippen molar-refractivity contribution in [2.75, 3.05) is 5.32 Å². The van der Waals surface area contributed by atoms with Crippen LogP contribution in [-0.4, -0.2) is 25.1 Å². The number of thiophene rings is 1. The smallest absolute Gasteiger partial charge is 0.324 e. The van der Waals surface area contributed by atoms with E-state index in [1.165, 1.54) is 12.4 Å². The van der Waals surface area contributed by atoms with E-state index in [0.29, 0.717) is 6.54 Å². The second-order valence-electron chi connectivity index (χ2n) is 4.16. The number of tetrazole rings is 1. The standard InChI is InChI=1S/C12H10N6O2S/c19-18(20)12-5-4-11(21-12)7-13-9-2-1-3-10(6-9)17-8-14-15-16-17/h1-6,8,13H,7H2. The molecule has 8 nitrogen and oxygen atoms in total. The molecule has 2 aromatic heterocycles. The van der Waals surface area contributed by atoms with Crippen LogP contribution < -0.4 is 5.32 Å². The molecule has 21 heavy (non-hydrogen) atoms. The minimum atomic E-state index is -0.382. The Morgan fingerprint density at radius 2 is 2.24 bits per heavy atom. The molecule has 0 amide bonds. The molecule has 3 rings (SSSR count). The van der Waals surface area contributed by atoms with Gasteiger partial charge in [-0.2, -0.15) is 0 Å².